The van der Waals surface area contributed by atoms with Crippen molar-refractivity contribution >= 4 is 52.1 Å². The molecule has 5 nitrogen and oxygen atoms in total. The lowest BCUT2D eigenvalue weighted by Gasteiger charge is -2.17. The third-order valence-corrected chi connectivity index (χ3v) is 5.48. The molecule has 0 spiro atoms. The second-order valence-electron chi connectivity index (χ2n) is 6.94. The van der Waals surface area contributed by atoms with Gasteiger partial charge in [0, 0.05) is 40.5 Å². The van der Waals surface area contributed by atoms with Crippen molar-refractivity contribution in [3.05, 3.63) is 80.8 Å². The Labute approximate surface area is 202 Å². The molecule has 0 aliphatic carbocycles. The van der Waals surface area contributed by atoms with E-state index in [4.69, 9.17) is 44.3 Å². The van der Waals surface area contributed by atoms with E-state index in [1.54, 1.807) is 18.2 Å². The summed E-state index contributed by atoms with van der Waals surface area (Å²) in [5.41, 5.74) is 3.25. The maximum absolute atomic E-state index is 11.1. The van der Waals surface area contributed by atoms with Gasteiger partial charge < -0.3 is 20.1 Å². The van der Waals surface area contributed by atoms with Gasteiger partial charge in [0.1, 0.15) is 6.61 Å². The Morgan fingerprint density at radius 2 is 1.56 bits per heavy atom. The Balaban J connectivity index is 1.72. The van der Waals surface area contributed by atoms with E-state index in [1.807, 2.05) is 43.3 Å². The number of nitrogens with one attached hydrogen (secondary N) is 2. The lowest BCUT2D eigenvalue weighted by molar-refractivity contribution is -0.114. The molecule has 3 rings (SSSR count). The second-order valence-corrected chi connectivity index (χ2v) is 8.16. The minimum atomic E-state index is -0.108. The molecule has 3 aromatic carbocycles. The predicted molar refractivity (Wildman–Crippen MR) is 131 cm³/mol. The summed E-state index contributed by atoms with van der Waals surface area (Å²) in [7, 11) is 0. The number of amides is 1. The highest BCUT2D eigenvalue weighted by atomic mass is 35.5. The molecular weight excluding hydrogens is 471 g/mol. The van der Waals surface area contributed by atoms with Crippen LogP contribution in [0.2, 0.25) is 15.1 Å². The van der Waals surface area contributed by atoms with Crippen LogP contribution in [0, 0.1) is 0 Å². The van der Waals surface area contributed by atoms with Crippen LogP contribution in [0.25, 0.3) is 0 Å². The zero-order chi connectivity index (χ0) is 23.1. The molecule has 3 aromatic rings. The van der Waals surface area contributed by atoms with Crippen molar-refractivity contribution in [1.29, 1.82) is 0 Å². The van der Waals surface area contributed by atoms with Crippen molar-refractivity contribution in [2.75, 3.05) is 17.2 Å². The molecule has 32 heavy (non-hydrogen) atoms. The van der Waals surface area contributed by atoms with Gasteiger partial charge in [-0.3, -0.25) is 4.79 Å². The number of ether oxygens (including phenoxy) is 2. The fourth-order valence-corrected chi connectivity index (χ4v) is 3.81. The lowest BCUT2D eigenvalue weighted by atomic mass is 10.2. The topological polar surface area (TPSA) is 59.6 Å². The van der Waals surface area contributed by atoms with Gasteiger partial charge >= 0.3 is 0 Å². The summed E-state index contributed by atoms with van der Waals surface area (Å²) in [4.78, 5) is 11.1. The molecule has 8 heteroatoms. The molecule has 168 valence electrons. The van der Waals surface area contributed by atoms with E-state index in [9.17, 15) is 4.79 Å². The van der Waals surface area contributed by atoms with Crippen LogP contribution < -0.4 is 20.1 Å². The third kappa shape index (κ3) is 6.45. The molecule has 0 aromatic heterocycles. The molecule has 1 amide bonds. The first-order valence-electron chi connectivity index (χ1n) is 9.99. The van der Waals surface area contributed by atoms with Crippen molar-refractivity contribution in [3.8, 4) is 11.5 Å². The van der Waals surface area contributed by atoms with Crippen molar-refractivity contribution in [2.45, 2.75) is 27.0 Å². The molecule has 0 heterocycles. The third-order valence-electron chi connectivity index (χ3n) is 4.49. The van der Waals surface area contributed by atoms with E-state index in [-0.39, 0.29) is 12.5 Å². The first-order chi connectivity index (χ1) is 15.4. The Bertz CT molecular complexity index is 1070. The van der Waals surface area contributed by atoms with Gasteiger partial charge in [-0.1, -0.05) is 40.9 Å². The number of hydrogen-bond acceptors (Lipinski definition) is 4. The van der Waals surface area contributed by atoms with Gasteiger partial charge in [-0.05, 0) is 61.0 Å². The first kappa shape index (κ1) is 24.1. The highest BCUT2D eigenvalue weighted by Gasteiger charge is 2.15. The fraction of sp³-hybridized carbons (Fsp3) is 0.208. The van der Waals surface area contributed by atoms with Gasteiger partial charge in [-0.25, -0.2) is 0 Å². The average Bonchev–Trinajstić information content (AvgIpc) is 2.74. The van der Waals surface area contributed by atoms with Gasteiger partial charge in [0.15, 0.2) is 11.5 Å². The summed E-state index contributed by atoms with van der Waals surface area (Å²) in [6, 6.07) is 16.5. The van der Waals surface area contributed by atoms with Crippen LogP contribution in [0.15, 0.2) is 54.6 Å². The Morgan fingerprint density at radius 3 is 2.19 bits per heavy atom. The Kier molecular flexibility index (Phi) is 8.51. The van der Waals surface area contributed by atoms with E-state index in [2.05, 4.69) is 10.6 Å². The largest absolute Gasteiger partial charge is 0.490 e. The van der Waals surface area contributed by atoms with E-state index < -0.39 is 0 Å². The normalized spacial score (nSPS) is 10.5. The fourth-order valence-electron chi connectivity index (χ4n) is 3.02. The summed E-state index contributed by atoms with van der Waals surface area (Å²) in [5.74, 6) is 0.872. The van der Waals surface area contributed by atoms with Gasteiger partial charge in [0.2, 0.25) is 5.91 Å². The average molecular weight is 494 g/mol. The van der Waals surface area contributed by atoms with E-state index in [0.29, 0.717) is 45.3 Å². The van der Waals surface area contributed by atoms with Crippen LogP contribution in [-0.2, 0) is 17.9 Å². The minimum absolute atomic E-state index is 0.108. The van der Waals surface area contributed by atoms with Crippen LogP contribution in [0.1, 0.15) is 25.0 Å². The molecule has 0 aliphatic rings. The van der Waals surface area contributed by atoms with Crippen LogP contribution in [0.5, 0.6) is 11.5 Å². The monoisotopic (exact) mass is 492 g/mol. The maximum atomic E-state index is 11.1. The number of carbonyl (C=O) groups is 1. The zero-order valence-corrected chi connectivity index (χ0v) is 19.9. The standard InChI is InChI=1S/C24H23Cl3N2O3/c1-3-31-23-12-16(13-28-17-7-9-18(10-8-17)29-15(2)30)11-22(27)24(23)32-14-19-20(25)5-4-6-21(19)26/h4-12,28H,3,13-14H2,1-2H3,(H,29,30). The number of benzene rings is 3. The van der Waals surface area contributed by atoms with E-state index in [1.165, 1.54) is 6.92 Å². The number of carbonyl (C=O) groups excluding carboxylic acids is 1. The lowest BCUT2D eigenvalue weighted by Crippen LogP contribution is -2.06. The number of anilines is 2. The highest BCUT2D eigenvalue weighted by Crippen LogP contribution is 2.38. The summed E-state index contributed by atoms with van der Waals surface area (Å²) in [5, 5.41) is 7.55. The minimum Gasteiger partial charge on any atom is -0.490 e. The molecule has 0 unspecified atom stereocenters. The first-order valence-corrected chi connectivity index (χ1v) is 11.1. The summed E-state index contributed by atoms with van der Waals surface area (Å²) in [6.07, 6.45) is 0. The highest BCUT2D eigenvalue weighted by molar-refractivity contribution is 6.36. The van der Waals surface area contributed by atoms with Crippen molar-refractivity contribution in [2.24, 2.45) is 0 Å². The molecule has 0 fully saturated rings. The molecule has 0 bridgehead atoms. The molecule has 2 N–H and O–H groups in total. The van der Waals surface area contributed by atoms with E-state index in [0.717, 1.165) is 16.9 Å². The van der Waals surface area contributed by atoms with Gasteiger partial charge in [0.05, 0.1) is 11.6 Å². The smallest absolute Gasteiger partial charge is 0.221 e. The molecule has 0 saturated heterocycles. The summed E-state index contributed by atoms with van der Waals surface area (Å²) < 4.78 is 11.7. The van der Waals surface area contributed by atoms with Gasteiger partial charge in [-0.15, -0.1) is 0 Å². The number of rotatable bonds is 9. The van der Waals surface area contributed by atoms with Crippen LogP contribution in [0.4, 0.5) is 11.4 Å². The van der Waals surface area contributed by atoms with E-state index >= 15 is 0 Å². The summed E-state index contributed by atoms with van der Waals surface area (Å²) >= 11 is 19.0. The number of halogens is 3. The van der Waals surface area contributed by atoms with Crippen molar-refractivity contribution < 1.29 is 14.3 Å². The van der Waals surface area contributed by atoms with Crippen molar-refractivity contribution in [3.63, 3.8) is 0 Å². The molecule has 0 aliphatic heterocycles. The van der Waals surface area contributed by atoms with Crippen LogP contribution in [0.3, 0.4) is 0 Å². The van der Waals surface area contributed by atoms with Crippen molar-refractivity contribution in [1.82, 2.24) is 0 Å². The zero-order valence-electron chi connectivity index (χ0n) is 17.7. The molecule has 0 atom stereocenters. The van der Waals surface area contributed by atoms with Gasteiger partial charge in [-0.2, -0.15) is 0 Å². The van der Waals surface area contributed by atoms with Gasteiger partial charge in [0.25, 0.3) is 0 Å². The SMILES string of the molecule is CCOc1cc(CNc2ccc(NC(C)=O)cc2)cc(Cl)c1OCc1c(Cl)cccc1Cl. The quantitative estimate of drug-likeness (QED) is 0.331. The molecule has 0 radical (unpaired) electrons. The Hall–Kier alpha value is -2.60. The molecular formula is C24H23Cl3N2O3. The second kappa shape index (κ2) is 11.3. The predicted octanol–water partition coefficient (Wildman–Crippen LogP) is 7.20. The number of hydrogen-bond donors (Lipinski definition) is 2. The summed E-state index contributed by atoms with van der Waals surface area (Å²) in [6.45, 7) is 4.51. The Morgan fingerprint density at radius 1 is 0.906 bits per heavy atom. The van der Waals surface area contributed by atoms with Crippen LogP contribution >= 0.6 is 34.8 Å². The van der Waals surface area contributed by atoms with Crippen LogP contribution in [-0.4, -0.2) is 12.5 Å². The maximum Gasteiger partial charge on any atom is 0.221 e. The molecule has 0 saturated carbocycles.